The Morgan fingerprint density at radius 3 is 2.12 bits per heavy atom. The Bertz CT molecular complexity index is 1990. The van der Waals surface area contributed by atoms with E-state index >= 15 is 0 Å². The van der Waals surface area contributed by atoms with Gasteiger partial charge in [0.25, 0.3) is 15.9 Å². The number of urea groups is 1. The summed E-state index contributed by atoms with van der Waals surface area (Å²) in [5.74, 6) is -0.689. The molecule has 0 heterocycles. The van der Waals surface area contributed by atoms with E-state index in [9.17, 15) is 18.0 Å². The van der Waals surface area contributed by atoms with Crippen molar-refractivity contribution >= 4 is 38.4 Å². The van der Waals surface area contributed by atoms with Crippen LogP contribution in [0.15, 0.2) is 120 Å². The van der Waals surface area contributed by atoms with Crippen LogP contribution in [-0.4, -0.2) is 31.8 Å². The number of nitrogens with zero attached hydrogens (tertiary/aromatic N) is 1. The van der Waals surface area contributed by atoms with Gasteiger partial charge in [-0.25, -0.2) is 17.9 Å². The first-order valence-corrected chi connectivity index (χ1v) is 17.8. The molecule has 248 valence electrons. The minimum atomic E-state index is -4.18. The van der Waals surface area contributed by atoms with E-state index < -0.39 is 15.9 Å². The standard InChI is InChI=1S/C40H43N3O4S/c1-5-6-11-27-43(39(45)41-36-17-12-14-30-13-7-8-15-34(30)36)28-29-19-21-31(22-20-29)35-16-9-10-18-37(35)48(46,47)42-38(44)32-23-25-33(26-24-32)40(2,3)4/h7-10,12-26H,5-6,11,27-28H2,1-4H3,(H,41,45)(H,42,44). The molecule has 0 aliphatic rings. The van der Waals surface area contributed by atoms with Crippen LogP contribution in [0.4, 0.5) is 10.5 Å². The highest BCUT2D eigenvalue weighted by molar-refractivity contribution is 7.90. The molecular formula is C40H43N3O4S. The predicted octanol–water partition coefficient (Wildman–Crippen LogP) is 9.15. The zero-order valence-electron chi connectivity index (χ0n) is 28.0. The smallest absolute Gasteiger partial charge is 0.320 e. The lowest BCUT2D eigenvalue weighted by Gasteiger charge is -2.24. The molecule has 3 amide bonds. The molecule has 48 heavy (non-hydrogen) atoms. The van der Waals surface area contributed by atoms with Crippen LogP contribution in [0.2, 0.25) is 0 Å². The number of nitrogens with one attached hydrogen (secondary N) is 2. The number of sulfonamides is 1. The zero-order valence-corrected chi connectivity index (χ0v) is 28.8. The Balaban J connectivity index is 1.33. The highest BCUT2D eigenvalue weighted by atomic mass is 32.2. The summed E-state index contributed by atoms with van der Waals surface area (Å²) in [6.07, 6.45) is 2.94. The number of anilines is 1. The molecular weight excluding hydrogens is 619 g/mol. The monoisotopic (exact) mass is 661 g/mol. The maximum absolute atomic E-state index is 13.6. The molecule has 0 aliphatic carbocycles. The molecule has 0 atom stereocenters. The van der Waals surface area contributed by atoms with Crippen LogP contribution >= 0.6 is 0 Å². The van der Waals surface area contributed by atoms with Gasteiger partial charge in [-0.1, -0.05) is 132 Å². The molecule has 0 unspecified atom stereocenters. The number of hydrogen-bond acceptors (Lipinski definition) is 4. The molecule has 7 nitrogen and oxygen atoms in total. The second-order valence-electron chi connectivity index (χ2n) is 13.0. The first-order chi connectivity index (χ1) is 23.0. The molecule has 8 heteroatoms. The summed E-state index contributed by atoms with van der Waals surface area (Å²) in [5.41, 5.74) is 4.05. The molecule has 0 spiro atoms. The van der Waals surface area contributed by atoms with Crippen molar-refractivity contribution in [1.82, 2.24) is 9.62 Å². The average molecular weight is 662 g/mol. The molecule has 0 aromatic heterocycles. The van der Waals surface area contributed by atoms with E-state index in [1.807, 2.05) is 83.8 Å². The Kier molecular flexibility index (Phi) is 10.6. The lowest BCUT2D eigenvalue weighted by molar-refractivity contribution is 0.0981. The van der Waals surface area contributed by atoms with Crippen LogP contribution in [0.25, 0.3) is 21.9 Å². The fraction of sp³-hybridized carbons (Fsp3) is 0.250. The van der Waals surface area contributed by atoms with Crippen molar-refractivity contribution in [3.63, 3.8) is 0 Å². The van der Waals surface area contributed by atoms with Crippen molar-refractivity contribution < 1.29 is 18.0 Å². The fourth-order valence-electron chi connectivity index (χ4n) is 5.64. The van der Waals surface area contributed by atoms with Crippen LogP contribution in [0.5, 0.6) is 0 Å². The predicted molar refractivity (Wildman–Crippen MR) is 195 cm³/mol. The van der Waals surface area contributed by atoms with E-state index in [4.69, 9.17) is 0 Å². The number of rotatable bonds is 11. The molecule has 5 aromatic carbocycles. The van der Waals surface area contributed by atoms with Crippen molar-refractivity contribution in [2.45, 2.75) is 63.8 Å². The first-order valence-electron chi connectivity index (χ1n) is 16.4. The van der Waals surface area contributed by atoms with Crippen LogP contribution in [-0.2, 0) is 22.0 Å². The second kappa shape index (κ2) is 14.9. The Morgan fingerprint density at radius 1 is 0.750 bits per heavy atom. The molecule has 5 rings (SSSR count). The molecule has 2 N–H and O–H groups in total. The van der Waals surface area contributed by atoms with Gasteiger partial charge in [0.05, 0.1) is 10.6 Å². The number of carbonyl (C=O) groups excluding carboxylic acids is 2. The second-order valence-corrected chi connectivity index (χ2v) is 14.7. The number of fused-ring (bicyclic) bond motifs is 1. The summed E-state index contributed by atoms with van der Waals surface area (Å²) in [5, 5.41) is 5.15. The summed E-state index contributed by atoms with van der Waals surface area (Å²) >= 11 is 0. The fourth-order valence-corrected chi connectivity index (χ4v) is 6.85. The Labute approximate surface area is 284 Å². The minimum Gasteiger partial charge on any atom is -0.320 e. The summed E-state index contributed by atoms with van der Waals surface area (Å²) in [6.45, 7) is 9.35. The van der Waals surface area contributed by atoms with Crippen molar-refractivity contribution in [3.8, 4) is 11.1 Å². The summed E-state index contributed by atoms with van der Waals surface area (Å²) < 4.78 is 29.2. The molecule has 5 aromatic rings. The van der Waals surface area contributed by atoms with Gasteiger partial charge in [-0.2, -0.15) is 0 Å². The minimum absolute atomic E-state index is 0.00747. The third-order valence-electron chi connectivity index (χ3n) is 8.41. The normalized spacial score (nSPS) is 11.7. The SMILES string of the molecule is CCCCCN(Cc1ccc(-c2ccccc2S(=O)(=O)NC(=O)c2ccc(C(C)(C)C)cc2)cc1)C(=O)Nc1cccc2ccccc12. The number of amides is 3. The molecule has 0 aliphatic heterocycles. The number of hydrogen-bond donors (Lipinski definition) is 2. The van der Waals surface area contributed by atoms with Crippen LogP contribution in [0.3, 0.4) is 0 Å². The van der Waals surface area contributed by atoms with E-state index in [0.717, 1.165) is 46.8 Å². The van der Waals surface area contributed by atoms with Crippen LogP contribution in [0, 0.1) is 0 Å². The molecule has 0 saturated carbocycles. The number of unbranched alkanes of at least 4 members (excludes halogenated alkanes) is 2. The lowest BCUT2D eigenvalue weighted by Crippen LogP contribution is -2.35. The third-order valence-corrected chi connectivity index (χ3v) is 9.79. The van der Waals surface area contributed by atoms with Crippen molar-refractivity contribution in [3.05, 3.63) is 132 Å². The van der Waals surface area contributed by atoms with Crippen LogP contribution < -0.4 is 10.0 Å². The van der Waals surface area contributed by atoms with E-state index in [-0.39, 0.29) is 21.9 Å². The Hall–Kier alpha value is -4.95. The highest BCUT2D eigenvalue weighted by Gasteiger charge is 2.23. The molecule has 0 saturated heterocycles. The zero-order chi connectivity index (χ0) is 34.3. The highest BCUT2D eigenvalue weighted by Crippen LogP contribution is 2.29. The van der Waals surface area contributed by atoms with Gasteiger partial charge in [-0.15, -0.1) is 0 Å². The number of carbonyl (C=O) groups is 2. The van der Waals surface area contributed by atoms with E-state index in [1.165, 1.54) is 6.07 Å². The topological polar surface area (TPSA) is 95.6 Å². The number of benzene rings is 5. The lowest BCUT2D eigenvalue weighted by atomic mass is 9.87. The van der Waals surface area contributed by atoms with Crippen molar-refractivity contribution in [1.29, 1.82) is 0 Å². The van der Waals surface area contributed by atoms with Gasteiger partial charge < -0.3 is 10.2 Å². The van der Waals surface area contributed by atoms with Crippen LogP contribution in [0.1, 0.15) is 68.4 Å². The largest absolute Gasteiger partial charge is 0.322 e. The van der Waals surface area contributed by atoms with E-state index in [0.29, 0.717) is 24.2 Å². The summed E-state index contributed by atoms with van der Waals surface area (Å²) in [7, 11) is -4.18. The quantitative estimate of drug-likeness (QED) is 0.138. The average Bonchev–Trinajstić information content (AvgIpc) is 3.08. The van der Waals surface area contributed by atoms with Gasteiger partial charge in [-0.3, -0.25) is 4.79 Å². The maximum Gasteiger partial charge on any atom is 0.322 e. The van der Waals surface area contributed by atoms with Gasteiger partial charge in [0.1, 0.15) is 0 Å². The van der Waals surface area contributed by atoms with E-state index in [1.54, 1.807) is 30.3 Å². The van der Waals surface area contributed by atoms with Gasteiger partial charge in [0.2, 0.25) is 0 Å². The summed E-state index contributed by atoms with van der Waals surface area (Å²) in [4.78, 5) is 28.4. The van der Waals surface area contributed by atoms with Gasteiger partial charge >= 0.3 is 6.03 Å². The van der Waals surface area contributed by atoms with Crippen molar-refractivity contribution in [2.24, 2.45) is 0 Å². The Morgan fingerprint density at radius 2 is 1.42 bits per heavy atom. The molecule has 0 bridgehead atoms. The first kappa shape index (κ1) is 34.4. The van der Waals surface area contributed by atoms with Gasteiger partial charge in [-0.05, 0) is 58.2 Å². The van der Waals surface area contributed by atoms with Gasteiger partial charge in [0, 0.05) is 29.6 Å². The maximum atomic E-state index is 13.6. The molecule has 0 fully saturated rings. The third kappa shape index (κ3) is 8.30. The molecule has 0 radical (unpaired) electrons. The summed E-state index contributed by atoms with van der Waals surface area (Å²) in [6, 6.07) is 34.8. The van der Waals surface area contributed by atoms with E-state index in [2.05, 4.69) is 37.7 Å². The van der Waals surface area contributed by atoms with Gasteiger partial charge in [0.15, 0.2) is 0 Å². The van der Waals surface area contributed by atoms with Crippen molar-refractivity contribution in [2.75, 3.05) is 11.9 Å².